The van der Waals surface area contributed by atoms with E-state index in [1.54, 1.807) is 6.07 Å². The summed E-state index contributed by atoms with van der Waals surface area (Å²) >= 11 is 5.84. The first-order valence-electron chi connectivity index (χ1n) is 4.45. The number of rotatable bonds is 2. The molecule has 0 amide bonds. The molecule has 16 heavy (non-hydrogen) atoms. The fraction of sp³-hybridized carbons (Fsp3) is 0. The number of anilines is 3. The van der Waals surface area contributed by atoms with E-state index in [4.69, 9.17) is 17.3 Å². The van der Waals surface area contributed by atoms with E-state index in [2.05, 4.69) is 15.3 Å². The predicted molar refractivity (Wildman–Crippen MR) is 61.1 cm³/mol. The second-order valence-electron chi connectivity index (χ2n) is 3.08. The molecule has 0 saturated heterocycles. The second-order valence-corrected chi connectivity index (χ2v) is 3.48. The Kier molecular flexibility index (Phi) is 2.87. The zero-order valence-electron chi connectivity index (χ0n) is 8.11. The molecule has 82 valence electrons. The van der Waals surface area contributed by atoms with Crippen LogP contribution in [-0.4, -0.2) is 9.97 Å². The standard InChI is InChI=1S/C10H8ClFN4/c11-7-3-6(12)1-2-8(7)16-10-4-9(13)14-5-15-10/h1-5H,(H3,13,14,15,16). The topological polar surface area (TPSA) is 63.8 Å². The Morgan fingerprint density at radius 1 is 1.25 bits per heavy atom. The van der Waals surface area contributed by atoms with Crippen LogP contribution < -0.4 is 11.1 Å². The first kappa shape index (κ1) is 10.6. The molecule has 0 unspecified atom stereocenters. The number of hydrogen-bond donors (Lipinski definition) is 2. The lowest BCUT2D eigenvalue weighted by Gasteiger charge is -2.07. The van der Waals surface area contributed by atoms with Gasteiger partial charge in [0.1, 0.15) is 23.8 Å². The van der Waals surface area contributed by atoms with E-state index in [0.717, 1.165) is 0 Å². The number of nitrogen functional groups attached to an aromatic ring is 1. The normalized spacial score (nSPS) is 10.1. The molecule has 4 nitrogen and oxygen atoms in total. The minimum Gasteiger partial charge on any atom is -0.384 e. The molecule has 0 saturated carbocycles. The average Bonchev–Trinajstić information content (AvgIpc) is 2.22. The van der Waals surface area contributed by atoms with Crippen LogP contribution in [0.1, 0.15) is 0 Å². The Hall–Kier alpha value is -1.88. The quantitative estimate of drug-likeness (QED) is 0.844. The van der Waals surface area contributed by atoms with Crippen LogP contribution in [0.3, 0.4) is 0 Å². The summed E-state index contributed by atoms with van der Waals surface area (Å²) in [6.45, 7) is 0. The van der Waals surface area contributed by atoms with Gasteiger partial charge in [-0.1, -0.05) is 11.6 Å². The number of nitrogens with two attached hydrogens (primary N) is 1. The van der Waals surface area contributed by atoms with Gasteiger partial charge in [0.15, 0.2) is 0 Å². The van der Waals surface area contributed by atoms with Gasteiger partial charge in [0.2, 0.25) is 0 Å². The van der Waals surface area contributed by atoms with Gasteiger partial charge in [-0.15, -0.1) is 0 Å². The minimum absolute atomic E-state index is 0.275. The molecule has 2 aromatic rings. The van der Waals surface area contributed by atoms with Crippen LogP contribution in [0.15, 0.2) is 30.6 Å². The van der Waals surface area contributed by atoms with Crippen molar-refractivity contribution in [3.05, 3.63) is 41.4 Å². The van der Waals surface area contributed by atoms with E-state index >= 15 is 0 Å². The van der Waals surface area contributed by atoms with Crippen molar-refractivity contribution in [1.82, 2.24) is 9.97 Å². The van der Waals surface area contributed by atoms with Gasteiger partial charge in [-0.05, 0) is 18.2 Å². The summed E-state index contributed by atoms with van der Waals surface area (Å²) in [5.41, 5.74) is 6.05. The van der Waals surface area contributed by atoms with Gasteiger partial charge in [-0.2, -0.15) is 0 Å². The zero-order valence-corrected chi connectivity index (χ0v) is 8.87. The lowest BCUT2D eigenvalue weighted by atomic mass is 10.3. The second kappa shape index (κ2) is 4.32. The summed E-state index contributed by atoms with van der Waals surface area (Å²) in [5.74, 6) is 0.453. The molecule has 0 bridgehead atoms. The molecule has 0 aliphatic rings. The molecular formula is C10H8ClFN4. The van der Waals surface area contributed by atoms with Crippen LogP contribution >= 0.6 is 11.6 Å². The van der Waals surface area contributed by atoms with Crippen LogP contribution in [0.25, 0.3) is 0 Å². The molecule has 1 heterocycles. The molecule has 0 aliphatic heterocycles. The number of nitrogens with zero attached hydrogens (tertiary/aromatic N) is 2. The predicted octanol–water partition coefficient (Wildman–Crippen LogP) is 2.59. The molecule has 3 N–H and O–H groups in total. The fourth-order valence-electron chi connectivity index (χ4n) is 1.17. The van der Waals surface area contributed by atoms with E-state index in [9.17, 15) is 4.39 Å². The zero-order chi connectivity index (χ0) is 11.5. The fourth-order valence-corrected chi connectivity index (χ4v) is 1.38. The van der Waals surface area contributed by atoms with Crippen molar-refractivity contribution in [3.8, 4) is 0 Å². The lowest BCUT2D eigenvalue weighted by Crippen LogP contribution is -1.97. The number of halogens is 2. The SMILES string of the molecule is Nc1cc(Nc2ccc(F)cc2Cl)ncn1. The molecular weight excluding hydrogens is 231 g/mol. The summed E-state index contributed by atoms with van der Waals surface area (Å²) in [4.78, 5) is 7.70. The van der Waals surface area contributed by atoms with E-state index in [1.165, 1.54) is 24.5 Å². The third-order valence-electron chi connectivity index (χ3n) is 1.88. The Morgan fingerprint density at radius 2 is 2.06 bits per heavy atom. The van der Waals surface area contributed by atoms with Crippen molar-refractivity contribution in [3.63, 3.8) is 0 Å². The Labute approximate surface area is 96.3 Å². The molecule has 1 aromatic carbocycles. The summed E-state index contributed by atoms with van der Waals surface area (Å²) in [6.07, 6.45) is 1.33. The van der Waals surface area contributed by atoms with E-state index in [0.29, 0.717) is 17.3 Å². The summed E-state index contributed by atoms with van der Waals surface area (Å²) in [5, 5.41) is 3.19. The van der Waals surface area contributed by atoms with Crippen LogP contribution in [-0.2, 0) is 0 Å². The highest BCUT2D eigenvalue weighted by atomic mass is 35.5. The van der Waals surface area contributed by atoms with Crippen molar-refractivity contribution < 1.29 is 4.39 Å². The maximum Gasteiger partial charge on any atom is 0.135 e. The Balaban J connectivity index is 2.27. The number of aromatic nitrogens is 2. The van der Waals surface area contributed by atoms with E-state index < -0.39 is 5.82 Å². The highest BCUT2D eigenvalue weighted by Gasteiger charge is 2.03. The number of nitrogens with one attached hydrogen (secondary N) is 1. The van der Waals surface area contributed by atoms with Crippen molar-refractivity contribution >= 4 is 28.9 Å². The maximum absolute atomic E-state index is 12.8. The monoisotopic (exact) mass is 238 g/mol. The summed E-state index contributed by atoms with van der Waals surface area (Å²) in [7, 11) is 0. The molecule has 0 spiro atoms. The van der Waals surface area contributed by atoms with Gasteiger partial charge in [0, 0.05) is 6.07 Å². The highest BCUT2D eigenvalue weighted by Crippen LogP contribution is 2.25. The van der Waals surface area contributed by atoms with Gasteiger partial charge in [-0.3, -0.25) is 0 Å². The molecule has 1 aromatic heterocycles. The van der Waals surface area contributed by atoms with E-state index in [-0.39, 0.29) is 5.02 Å². The first-order chi connectivity index (χ1) is 7.65. The largest absolute Gasteiger partial charge is 0.384 e. The third kappa shape index (κ3) is 2.38. The van der Waals surface area contributed by atoms with Gasteiger partial charge < -0.3 is 11.1 Å². The minimum atomic E-state index is -0.391. The van der Waals surface area contributed by atoms with Gasteiger partial charge in [0.05, 0.1) is 10.7 Å². The third-order valence-corrected chi connectivity index (χ3v) is 2.19. The van der Waals surface area contributed by atoms with Crippen LogP contribution in [0.2, 0.25) is 5.02 Å². The van der Waals surface area contributed by atoms with Crippen LogP contribution in [0.4, 0.5) is 21.7 Å². The molecule has 0 aliphatic carbocycles. The van der Waals surface area contributed by atoms with E-state index in [1.807, 2.05) is 0 Å². The molecule has 0 radical (unpaired) electrons. The summed E-state index contributed by atoms with van der Waals surface area (Å²) < 4.78 is 12.8. The van der Waals surface area contributed by atoms with Crippen molar-refractivity contribution in [2.75, 3.05) is 11.1 Å². The molecule has 2 rings (SSSR count). The number of benzene rings is 1. The van der Waals surface area contributed by atoms with Gasteiger partial charge >= 0.3 is 0 Å². The van der Waals surface area contributed by atoms with Crippen molar-refractivity contribution in [1.29, 1.82) is 0 Å². The Morgan fingerprint density at radius 3 is 2.75 bits per heavy atom. The Bertz CT molecular complexity index is 518. The van der Waals surface area contributed by atoms with Crippen LogP contribution in [0.5, 0.6) is 0 Å². The first-order valence-corrected chi connectivity index (χ1v) is 4.82. The smallest absolute Gasteiger partial charge is 0.135 e. The maximum atomic E-state index is 12.8. The highest BCUT2D eigenvalue weighted by molar-refractivity contribution is 6.33. The lowest BCUT2D eigenvalue weighted by molar-refractivity contribution is 0.628. The molecule has 6 heteroatoms. The number of hydrogen-bond acceptors (Lipinski definition) is 4. The van der Waals surface area contributed by atoms with Gasteiger partial charge in [-0.25, -0.2) is 14.4 Å². The van der Waals surface area contributed by atoms with Crippen LogP contribution in [0, 0.1) is 5.82 Å². The average molecular weight is 239 g/mol. The molecule has 0 fully saturated rings. The molecule has 0 atom stereocenters. The summed E-state index contributed by atoms with van der Waals surface area (Å²) in [6, 6.07) is 5.60. The van der Waals surface area contributed by atoms with Crippen molar-refractivity contribution in [2.24, 2.45) is 0 Å². The van der Waals surface area contributed by atoms with Gasteiger partial charge in [0.25, 0.3) is 0 Å². The van der Waals surface area contributed by atoms with Crippen molar-refractivity contribution in [2.45, 2.75) is 0 Å².